The maximum Gasteiger partial charge on any atom is 0.230 e. The number of fused-ring (bicyclic) bond motifs is 1. The summed E-state index contributed by atoms with van der Waals surface area (Å²) in [6.45, 7) is 2.47. The molecule has 1 aliphatic carbocycles. The molecule has 0 radical (unpaired) electrons. The van der Waals surface area contributed by atoms with Crippen LogP contribution in [0.3, 0.4) is 0 Å². The second-order valence-electron chi connectivity index (χ2n) is 9.36. The fraction of sp³-hybridized carbons (Fsp3) is 0.444. The number of carbonyl (C=O) groups is 1. The molecule has 0 bridgehead atoms. The van der Waals surface area contributed by atoms with Gasteiger partial charge in [-0.05, 0) is 30.9 Å². The van der Waals surface area contributed by atoms with Crippen molar-refractivity contribution in [3.05, 3.63) is 42.0 Å². The van der Waals surface area contributed by atoms with Crippen LogP contribution in [0.5, 0.6) is 17.2 Å². The minimum atomic E-state index is -0.170. The Morgan fingerprint density at radius 1 is 0.944 bits per heavy atom. The molecule has 9 nitrogen and oxygen atoms in total. The Labute approximate surface area is 211 Å². The summed E-state index contributed by atoms with van der Waals surface area (Å²) in [5.41, 5.74) is 7.97. The van der Waals surface area contributed by atoms with Gasteiger partial charge in [-0.1, -0.05) is 24.6 Å². The van der Waals surface area contributed by atoms with Crippen molar-refractivity contribution >= 4 is 28.6 Å². The number of anilines is 2. The van der Waals surface area contributed by atoms with Crippen LogP contribution in [0.25, 0.3) is 10.9 Å². The Bertz CT molecular complexity index is 1250. The Morgan fingerprint density at radius 3 is 2.25 bits per heavy atom. The summed E-state index contributed by atoms with van der Waals surface area (Å²) in [5, 5.41) is 0.713. The Balaban J connectivity index is 1.34. The molecule has 2 fully saturated rings. The van der Waals surface area contributed by atoms with E-state index in [1.54, 1.807) is 27.4 Å². The highest BCUT2D eigenvalue weighted by Crippen LogP contribution is 2.43. The van der Waals surface area contributed by atoms with E-state index < -0.39 is 0 Å². The minimum absolute atomic E-state index is 0.170. The van der Waals surface area contributed by atoms with Crippen LogP contribution in [0, 0.1) is 5.92 Å². The molecule has 5 rings (SSSR count). The van der Waals surface area contributed by atoms with Crippen LogP contribution in [0.4, 0.5) is 11.8 Å². The van der Waals surface area contributed by atoms with Crippen molar-refractivity contribution in [3.8, 4) is 17.2 Å². The van der Waals surface area contributed by atoms with Gasteiger partial charge in [0.15, 0.2) is 11.5 Å². The number of carbonyl (C=O) groups excluding carboxylic acids is 1. The van der Waals surface area contributed by atoms with Crippen LogP contribution in [0.15, 0.2) is 36.4 Å². The number of nitrogens with zero attached hydrogens (tertiary/aromatic N) is 4. The lowest BCUT2D eigenvalue weighted by Gasteiger charge is -2.40. The maximum absolute atomic E-state index is 13.8. The zero-order valence-electron chi connectivity index (χ0n) is 21.1. The van der Waals surface area contributed by atoms with E-state index in [2.05, 4.69) is 9.88 Å². The minimum Gasteiger partial charge on any atom is -0.496 e. The number of hydrogen-bond acceptors (Lipinski definition) is 8. The van der Waals surface area contributed by atoms with Gasteiger partial charge in [-0.15, -0.1) is 0 Å². The molecule has 190 valence electrons. The first-order chi connectivity index (χ1) is 17.5. The monoisotopic (exact) mass is 491 g/mol. The Morgan fingerprint density at radius 2 is 1.61 bits per heavy atom. The van der Waals surface area contributed by atoms with Crippen LogP contribution >= 0.6 is 0 Å². The topological polar surface area (TPSA) is 103 Å². The van der Waals surface area contributed by atoms with Crippen molar-refractivity contribution < 1.29 is 19.0 Å². The number of amides is 1. The van der Waals surface area contributed by atoms with Crippen molar-refractivity contribution in [2.24, 2.45) is 5.92 Å². The van der Waals surface area contributed by atoms with Gasteiger partial charge in [0, 0.05) is 43.2 Å². The van der Waals surface area contributed by atoms with Gasteiger partial charge in [-0.25, -0.2) is 4.98 Å². The average molecular weight is 492 g/mol. The SMILES string of the molecule is COc1cc2nc(N3CCN(C(=O)C(c4ccccc4OC)C4CCC4)CC3)nc(N)c2cc1OC. The van der Waals surface area contributed by atoms with Gasteiger partial charge in [-0.2, -0.15) is 4.98 Å². The number of para-hydroxylation sites is 1. The zero-order chi connectivity index (χ0) is 25.2. The van der Waals surface area contributed by atoms with E-state index in [9.17, 15) is 4.79 Å². The Kier molecular flexibility index (Phi) is 6.71. The van der Waals surface area contributed by atoms with Crippen LogP contribution in [-0.4, -0.2) is 68.3 Å². The molecule has 1 unspecified atom stereocenters. The molecule has 9 heteroatoms. The molecule has 2 heterocycles. The number of nitrogen functional groups attached to an aromatic ring is 1. The van der Waals surface area contributed by atoms with E-state index in [-0.39, 0.29) is 11.8 Å². The first kappa shape index (κ1) is 24.0. The van der Waals surface area contributed by atoms with Gasteiger partial charge in [0.1, 0.15) is 11.6 Å². The third-order valence-corrected chi connectivity index (χ3v) is 7.45. The molecule has 1 amide bonds. The van der Waals surface area contributed by atoms with E-state index in [1.165, 1.54) is 6.42 Å². The van der Waals surface area contributed by atoms with Gasteiger partial charge in [0.2, 0.25) is 11.9 Å². The fourth-order valence-electron chi connectivity index (χ4n) is 5.22. The summed E-state index contributed by atoms with van der Waals surface area (Å²) in [6.07, 6.45) is 3.33. The van der Waals surface area contributed by atoms with Crippen LogP contribution in [-0.2, 0) is 4.79 Å². The van der Waals surface area contributed by atoms with Crippen molar-refractivity contribution in [1.82, 2.24) is 14.9 Å². The number of methoxy groups -OCH3 is 3. The highest BCUT2D eigenvalue weighted by Gasteiger charge is 2.38. The van der Waals surface area contributed by atoms with E-state index in [0.717, 1.165) is 24.2 Å². The number of rotatable bonds is 7. The van der Waals surface area contributed by atoms with Crippen molar-refractivity contribution in [3.63, 3.8) is 0 Å². The summed E-state index contributed by atoms with van der Waals surface area (Å²) in [5.74, 6) is 3.27. The number of piperazine rings is 1. The quantitative estimate of drug-likeness (QED) is 0.536. The van der Waals surface area contributed by atoms with Crippen molar-refractivity contribution in [2.45, 2.75) is 25.2 Å². The van der Waals surface area contributed by atoms with E-state index >= 15 is 0 Å². The summed E-state index contributed by atoms with van der Waals surface area (Å²) in [6, 6.07) is 11.5. The number of aromatic nitrogens is 2. The van der Waals surface area contributed by atoms with Crippen molar-refractivity contribution in [1.29, 1.82) is 0 Å². The maximum atomic E-state index is 13.8. The molecule has 1 saturated heterocycles. The molecule has 1 saturated carbocycles. The van der Waals surface area contributed by atoms with Gasteiger partial charge in [0.05, 0.1) is 32.8 Å². The lowest BCUT2D eigenvalue weighted by molar-refractivity contribution is -0.135. The number of ether oxygens (including phenoxy) is 3. The van der Waals surface area contributed by atoms with Gasteiger partial charge in [-0.3, -0.25) is 4.79 Å². The van der Waals surface area contributed by atoms with E-state index in [1.807, 2.05) is 35.2 Å². The third-order valence-electron chi connectivity index (χ3n) is 7.45. The smallest absolute Gasteiger partial charge is 0.230 e. The molecule has 0 spiro atoms. The standard InChI is InChI=1S/C27H33N5O4/c1-34-21-10-5-4-9-18(21)24(17-7-6-8-17)26(33)31-11-13-32(14-12-31)27-29-20-16-23(36-3)22(35-2)15-19(20)25(28)30-27/h4-5,9-10,15-17,24H,6-8,11-14H2,1-3H3,(H2,28,29,30). The van der Waals surface area contributed by atoms with Gasteiger partial charge < -0.3 is 29.7 Å². The molecule has 1 aliphatic heterocycles. The second-order valence-corrected chi connectivity index (χ2v) is 9.36. The lowest BCUT2D eigenvalue weighted by Crippen LogP contribution is -2.51. The summed E-state index contributed by atoms with van der Waals surface area (Å²) >= 11 is 0. The summed E-state index contributed by atoms with van der Waals surface area (Å²) < 4.78 is 16.4. The van der Waals surface area contributed by atoms with Crippen molar-refractivity contribution in [2.75, 3.05) is 58.1 Å². The summed E-state index contributed by atoms with van der Waals surface area (Å²) in [4.78, 5) is 27.1. The number of benzene rings is 2. The zero-order valence-corrected chi connectivity index (χ0v) is 21.1. The molecular formula is C27H33N5O4. The normalized spacial score (nSPS) is 17.0. The fourth-order valence-corrected chi connectivity index (χ4v) is 5.22. The van der Waals surface area contributed by atoms with Crippen LogP contribution in [0.1, 0.15) is 30.7 Å². The first-order valence-electron chi connectivity index (χ1n) is 12.4. The Hall–Kier alpha value is -3.75. The molecule has 2 aliphatic rings. The molecule has 1 atom stereocenters. The predicted octanol–water partition coefficient (Wildman–Crippen LogP) is 3.47. The number of hydrogen-bond donors (Lipinski definition) is 1. The van der Waals surface area contributed by atoms with E-state index in [0.29, 0.717) is 66.3 Å². The molecule has 1 aromatic heterocycles. The highest BCUT2D eigenvalue weighted by atomic mass is 16.5. The van der Waals surface area contributed by atoms with Gasteiger partial charge in [0.25, 0.3) is 0 Å². The highest BCUT2D eigenvalue weighted by molar-refractivity contribution is 5.92. The molecular weight excluding hydrogens is 458 g/mol. The summed E-state index contributed by atoms with van der Waals surface area (Å²) in [7, 11) is 4.84. The molecule has 2 N–H and O–H groups in total. The largest absolute Gasteiger partial charge is 0.496 e. The molecule has 36 heavy (non-hydrogen) atoms. The van der Waals surface area contributed by atoms with Crippen LogP contribution in [0.2, 0.25) is 0 Å². The van der Waals surface area contributed by atoms with Gasteiger partial charge >= 0.3 is 0 Å². The van der Waals surface area contributed by atoms with Crippen LogP contribution < -0.4 is 24.8 Å². The second kappa shape index (κ2) is 10.1. The number of nitrogens with two attached hydrogens (primary N) is 1. The molecule has 2 aromatic carbocycles. The molecule has 3 aromatic rings. The first-order valence-corrected chi connectivity index (χ1v) is 12.4. The predicted molar refractivity (Wildman–Crippen MR) is 139 cm³/mol. The average Bonchev–Trinajstić information content (AvgIpc) is 2.89. The lowest BCUT2D eigenvalue weighted by atomic mass is 9.72. The third kappa shape index (κ3) is 4.34. The van der Waals surface area contributed by atoms with E-state index in [4.69, 9.17) is 24.9 Å².